The van der Waals surface area contributed by atoms with Crippen LogP contribution in [0.2, 0.25) is 0 Å². The number of para-hydroxylation sites is 1. The van der Waals surface area contributed by atoms with Gasteiger partial charge in [-0.3, -0.25) is 4.90 Å². The lowest BCUT2D eigenvalue weighted by molar-refractivity contribution is 0.0398. The molecule has 0 spiro atoms. The van der Waals surface area contributed by atoms with Crippen LogP contribution >= 0.6 is 0 Å². The second-order valence-corrected chi connectivity index (χ2v) is 6.27. The van der Waals surface area contributed by atoms with Crippen LogP contribution in [0.5, 0.6) is 0 Å². The number of aromatic nitrogens is 2. The first-order valence-electron chi connectivity index (χ1n) is 8.87. The summed E-state index contributed by atoms with van der Waals surface area (Å²) in [4.78, 5) is 11.5. The summed E-state index contributed by atoms with van der Waals surface area (Å²) in [6.45, 7) is 5.15. The number of anilines is 1. The van der Waals surface area contributed by atoms with Crippen LogP contribution in [0, 0.1) is 5.82 Å². The molecule has 134 valence electrons. The van der Waals surface area contributed by atoms with Crippen molar-refractivity contribution in [1.82, 2.24) is 14.9 Å². The van der Waals surface area contributed by atoms with Gasteiger partial charge in [-0.15, -0.1) is 0 Å². The van der Waals surface area contributed by atoms with Crippen molar-refractivity contribution in [3.05, 3.63) is 54.3 Å². The van der Waals surface area contributed by atoms with Crippen LogP contribution in [0.4, 0.5) is 10.2 Å². The zero-order chi connectivity index (χ0) is 17.8. The molecular formula is C20H21FN4O. The molecule has 0 bridgehead atoms. The predicted octanol–water partition coefficient (Wildman–Crippen LogP) is 3.18. The minimum atomic E-state index is -0.318. The molecule has 0 saturated carbocycles. The molecule has 5 nitrogen and oxygen atoms in total. The van der Waals surface area contributed by atoms with Gasteiger partial charge in [0.15, 0.2) is 5.82 Å². The fourth-order valence-electron chi connectivity index (χ4n) is 3.13. The molecule has 1 saturated heterocycles. The van der Waals surface area contributed by atoms with E-state index < -0.39 is 0 Å². The first-order chi connectivity index (χ1) is 12.8. The van der Waals surface area contributed by atoms with E-state index in [1.165, 1.54) is 6.07 Å². The molecule has 1 aliphatic rings. The van der Waals surface area contributed by atoms with E-state index in [9.17, 15) is 4.39 Å². The minimum absolute atomic E-state index is 0.318. The second-order valence-electron chi connectivity index (χ2n) is 6.27. The highest BCUT2D eigenvalue weighted by Crippen LogP contribution is 2.26. The molecule has 0 amide bonds. The van der Waals surface area contributed by atoms with Crippen molar-refractivity contribution < 1.29 is 9.13 Å². The molecule has 1 fully saturated rings. The van der Waals surface area contributed by atoms with Gasteiger partial charge < -0.3 is 10.1 Å². The smallest absolute Gasteiger partial charge is 0.165 e. The molecule has 1 aliphatic heterocycles. The highest BCUT2D eigenvalue weighted by Gasteiger charge is 2.13. The molecule has 0 unspecified atom stereocenters. The largest absolute Gasteiger partial charge is 0.379 e. The van der Waals surface area contributed by atoms with E-state index in [0.29, 0.717) is 11.4 Å². The third-order valence-corrected chi connectivity index (χ3v) is 4.54. The zero-order valence-corrected chi connectivity index (χ0v) is 14.5. The van der Waals surface area contributed by atoms with Crippen molar-refractivity contribution in [3.63, 3.8) is 0 Å². The maximum absolute atomic E-state index is 14.2. The van der Waals surface area contributed by atoms with E-state index in [1.54, 1.807) is 18.2 Å². The van der Waals surface area contributed by atoms with Crippen LogP contribution in [0.1, 0.15) is 0 Å². The van der Waals surface area contributed by atoms with Crippen molar-refractivity contribution in [2.75, 3.05) is 44.7 Å². The molecule has 1 N–H and O–H groups in total. The van der Waals surface area contributed by atoms with Gasteiger partial charge in [0.05, 0.1) is 24.3 Å². The average molecular weight is 352 g/mol. The lowest BCUT2D eigenvalue weighted by Gasteiger charge is -2.26. The number of ether oxygens (including phenoxy) is 1. The zero-order valence-electron chi connectivity index (χ0n) is 14.5. The Morgan fingerprint density at radius 3 is 2.62 bits per heavy atom. The highest BCUT2D eigenvalue weighted by atomic mass is 19.1. The van der Waals surface area contributed by atoms with Crippen LogP contribution in [-0.4, -0.2) is 54.3 Å². The quantitative estimate of drug-likeness (QED) is 0.764. The van der Waals surface area contributed by atoms with Gasteiger partial charge >= 0.3 is 0 Å². The highest BCUT2D eigenvalue weighted by molar-refractivity contribution is 5.90. The average Bonchev–Trinajstić information content (AvgIpc) is 2.69. The summed E-state index contributed by atoms with van der Waals surface area (Å²) >= 11 is 0. The Labute approximate surface area is 151 Å². The molecule has 0 radical (unpaired) electrons. The summed E-state index contributed by atoms with van der Waals surface area (Å²) in [6.07, 6.45) is 0. The van der Waals surface area contributed by atoms with Crippen LogP contribution in [0.15, 0.2) is 48.5 Å². The summed E-state index contributed by atoms with van der Waals surface area (Å²) < 4.78 is 19.6. The number of nitrogens with one attached hydrogen (secondary N) is 1. The number of halogens is 1. The van der Waals surface area contributed by atoms with Crippen LogP contribution < -0.4 is 5.32 Å². The summed E-state index contributed by atoms with van der Waals surface area (Å²) in [5.41, 5.74) is 1.21. The number of morpholine rings is 1. The van der Waals surface area contributed by atoms with Gasteiger partial charge in [-0.05, 0) is 24.3 Å². The number of benzene rings is 2. The Balaban J connectivity index is 1.61. The Bertz CT molecular complexity index is 896. The monoisotopic (exact) mass is 352 g/mol. The summed E-state index contributed by atoms with van der Waals surface area (Å²) in [6, 6.07) is 14.4. The molecule has 6 heteroatoms. The van der Waals surface area contributed by atoms with E-state index in [0.717, 1.165) is 56.1 Å². The van der Waals surface area contributed by atoms with Gasteiger partial charge in [-0.2, -0.15) is 0 Å². The van der Waals surface area contributed by atoms with E-state index in [-0.39, 0.29) is 5.82 Å². The summed E-state index contributed by atoms with van der Waals surface area (Å²) in [7, 11) is 0. The number of hydrogen-bond donors (Lipinski definition) is 1. The number of hydrogen-bond acceptors (Lipinski definition) is 5. The molecule has 3 aromatic rings. The molecule has 0 atom stereocenters. The third-order valence-electron chi connectivity index (χ3n) is 4.54. The standard InChI is InChI=1S/C20H21FN4O/c21-17-7-3-1-5-15(17)20-23-18-8-4-2-6-16(18)19(24-20)22-9-10-25-11-13-26-14-12-25/h1-8H,9-14H2,(H,22,23,24). The first-order valence-corrected chi connectivity index (χ1v) is 8.87. The lowest BCUT2D eigenvalue weighted by atomic mass is 10.1. The second kappa shape index (κ2) is 7.76. The fraction of sp³-hybridized carbons (Fsp3) is 0.300. The Morgan fingerprint density at radius 2 is 1.77 bits per heavy atom. The molecule has 1 aromatic heterocycles. The number of fused-ring (bicyclic) bond motifs is 1. The third kappa shape index (κ3) is 3.66. The van der Waals surface area contributed by atoms with Crippen molar-refractivity contribution in [2.45, 2.75) is 0 Å². The van der Waals surface area contributed by atoms with E-state index in [4.69, 9.17) is 4.74 Å². The number of nitrogens with zero attached hydrogens (tertiary/aromatic N) is 3. The minimum Gasteiger partial charge on any atom is -0.379 e. The van der Waals surface area contributed by atoms with Gasteiger partial charge in [0.1, 0.15) is 11.6 Å². The van der Waals surface area contributed by atoms with Crippen LogP contribution in [0.3, 0.4) is 0 Å². The van der Waals surface area contributed by atoms with E-state index in [1.807, 2.05) is 24.3 Å². The fourth-order valence-corrected chi connectivity index (χ4v) is 3.13. The molecule has 2 heterocycles. The van der Waals surface area contributed by atoms with Gasteiger partial charge in [0.25, 0.3) is 0 Å². The molecule has 26 heavy (non-hydrogen) atoms. The van der Waals surface area contributed by atoms with E-state index >= 15 is 0 Å². The van der Waals surface area contributed by atoms with Crippen molar-refractivity contribution >= 4 is 16.7 Å². The molecule has 4 rings (SSSR count). The maximum Gasteiger partial charge on any atom is 0.165 e. The Hall–Kier alpha value is -2.57. The Morgan fingerprint density at radius 1 is 1.00 bits per heavy atom. The maximum atomic E-state index is 14.2. The molecule has 2 aromatic carbocycles. The van der Waals surface area contributed by atoms with E-state index in [2.05, 4.69) is 20.2 Å². The summed E-state index contributed by atoms with van der Waals surface area (Å²) in [5, 5.41) is 4.35. The topological polar surface area (TPSA) is 50.3 Å². The normalized spacial score (nSPS) is 15.3. The summed E-state index contributed by atoms with van der Waals surface area (Å²) in [5.74, 6) is 0.819. The SMILES string of the molecule is Fc1ccccc1-c1nc(NCCN2CCOCC2)c2ccccc2n1. The lowest BCUT2D eigenvalue weighted by Crippen LogP contribution is -2.39. The number of rotatable bonds is 5. The predicted molar refractivity (Wildman–Crippen MR) is 101 cm³/mol. The van der Waals surface area contributed by atoms with Crippen molar-refractivity contribution in [3.8, 4) is 11.4 Å². The van der Waals surface area contributed by atoms with Crippen molar-refractivity contribution in [2.24, 2.45) is 0 Å². The first kappa shape index (κ1) is 16.9. The molecular weight excluding hydrogens is 331 g/mol. The van der Waals surface area contributed by atoms with Crippen LogP contribution in [0.25, 0.3) is 22.3 Å². The van der Waals surface area contributed by atoms with Gasteiger partial charge in [0, 0.05) is 31.6 Å². The van der Waals surface area contributed by atoms with Gasteiger partial charge in [-0.25, -0.2) is 14.4 Å². The van der Waals surface area contributed by atoms with Crippen molar-refractivity contribution in [1.29, 1.82) is 0 Å². The molecule has 0 aliphatic carbocycles. The van der Waals surface area contributed by atoms with Crippen LogP contribution in [-0.2, 0) is 4.74 Å². The van der Waals surface area contributed by atoms with Gasteiger partial charge in [0.2, 0.25) is 0 Å². The van der Waals surface area contributed by atoms with Gasteiger partial charge in [-0.1, -0.05) is 24.3 Å². The Kier molecular flexibility index (Phi) is 5.04.